The number of para-hydroxylation sites is 1. The smallest absolute Gasteiger partial charge is 0.259 e. The number of carbonyl (C=O) groups excluding carboxylic acids is 1. The van der Waals surface area contributed by atoms with Crippen LogP contribution in [0.2, 0.25) is 0 Å². The van der Waals surface area contributed by atoms with Crippen molar-refractivity contribution in [2.24, 2.45) is 0 Å². The fourth-order valence-electron chi connectivity index (χ4n) is 3.57. The van der Waals surface area contributed by atoms with E-state index in [1.54, 1.807) is 37.4 Å². The monoisotopic (exact) mass is 504 g/mol. The molecule has 1 aromatic heterocycles. The minimum atomic E-state index is -3.60. The number of aryl methyl sites for hydroxylation is 1. The molecule has 4 rings (SSSR count). The van der Waals surface area contributed by atoms with Gasteiger partial charge in [-0.25, -0.2) is 8.42 Å². The fourth-order valence-corrected chi connectivity index (χ4v) is 5.97. The molecule has 8 heteroatoms. The van der Waals surface area contributed by atoms with Gasteiger partial charge in [0.15, 0.2) is 0 Å². The lowest BCUT2D eigenvalue weighted by molar-refractivity contribution is 0.0985. The summed E-state index contributed by atoms with van der Waals surface area (Å²) in [5, 5.41) is 1.81. The molecule has 0 aliphatic carbocycles. The van der Waals surface area contributed by atoms with Gasteiger partial charge in [0.1, 0.15) is 0 Å². The van der Waals surface area contributed by atoms with Gasteiger partial charge in [-0.1, -0.05) is 34.1 Å². The number of fused-ring (bicyclic) bond motifs is 1. The van der Waals surface area contributed by atoms with Gasteiger partial charge in [-0.3, -0.25) is 4.79 Å². The number of benzene rings is 2. The second-order valence-electron chi connectivity index (χ2n) is 7.21. The van der Waals surface area contributed by atoms with E-state index in [-0.39, 0.29) is 17.3 Å². The van der Waals surface area contributed by atoms with Gasteiger partial charge in [0.2, 0.25) is 10.0 Å². The molecule has 0 radical (unpaired) electrons. The maximum Gasteiger partial charge on any atom is 0.259 e. The van der Waals surface area contributed by atoms with E-state index in [9.17, 15) is 13.2 Å². The Kier molecular flexibility index (Phi) is 6.11. The van der Waals surface area contributed by atoms with Crippen molar-refractivity contribution in [3.63, 3.8) is 0 Å². The van der Waals surface area contributed by atoms with E-state index in [0.717, 1.165) is 27.9 Å². The molecule has 1 amide bonds. The van der Waals surface area contributed by atoms with E-state index >= 15 is 0 Å². The molecule has 156 valence electrons. The number of hydrogen-bond donors (Lipinski definition) is 0. The number of halogens is 1. The maximum atomic E-state index is 13.1. The number of nitrogens with zero attached hydrogens (tertiary/aromatic N) is 2. The van der Waals surface area contributed by atoms with Crippen molar-refractivity contribution in [1.82, 2.24) is 4.31 Å². The van der Waals surface area contributed by atoms with Crippen LogP contribution in [-0.4, -0.2) is 32.2 Å². The average molecular weight is 505 g/mol. The highest BCUT2D eigenvalue weighted by Gasteiger charge is 2.25. The molecule has 2 heterocycles. The van der Waals surface area contributed by atoms with E-state index < -0.39 is 10.0 Å². The molecule has 30 heavy (non-hydrogen) atoms. The number of rotatable bonds is 5. The second-order valence-corrected chi connectivity index (χ2v) is 11.2. The normalized spacial score (nSPS) is 14.0. The summed E-state index contributed by atoms with van der Waals surface area (Å²) in [6.45, 7) is 0.909. The van der Waals surface area contributed by atoms with Crippen molar-refractivity contribution in [3.05, 3.63) is 80.5 Å². The van der Waals surface area contributed by atoms with Crippen LogP contribution in [-0.2, 0) is 23.0 Å². The lowest BCUT2D eigenvalue weighted by Gasteiger charge is -2.29. The Labute approximate surface area is 189 Å². The molecular weight excluding hydrogens is 484 g/mol. The average Bonchev–Trinajstić information content (AvgIpc) is 3.21. The highest BCUT2D eigenvalue weighted by molar-refractivity contribution is 9.10. The molecule has 0 N–H and O–H groups in total. The van der Waals surface area contributed by atoms with Crippen LogP contribution < -0.4 is 4.90 Å². The summed E-state index contributed by atoms with van der Waals surface area (Å²) in [5.41, 5.74) is 2.76. The number of carbonyl (C=O) groups is 1. The molecule has 0 bridgehead atoms. The second kappa shape index (κ2) is 8.63. The van der Waals surface area contributed by atoms with E-state index in [1.807, 2.05) is 28.5 Å². The minimum absolute atomic E-state index is 0.0388. The zero-order valence-electron chi connectivity index (χ0n) is 16.4. The summed E-state index contributed by atoms with van der Waals surface area (Å²) >= 11 is 4.72. The Balaban J connectivity index is 1.51. The summed E-state index contributed by atoms with van der Waals surface area (Å²) in [6, 6.07) is 16.4. The maximum absolute atomic E-state index is 13.1. The molecule has 0 saturated carbocycles. The predicted octanol–water partition coefficient (Wildman–Crippen LogP) is 4.92. The molecule has 0 saturated heterocycles. The van der Waals surface area contributed by atoms with Crippen LogP contribution >= 0.6 is 27.3 Å². The Morgan fingerprint density at radius 1 is 1.17 bits per heavy atom. The van der Waals surface area contributed by atoms with Crippen molar-refractivity contribution >= 4 is 48.9 Å². The molecule has 3 aromatic rings. The first kappa shape index (κ1) is 21.2. The molecular formula is C22H21BrN2O3S2. The van der Waals surface area contributed by atoms with E-state index in [4.69, 9.17) is 0 Å². The van der Waals surface area contributed by atoms with Crippen LogP contribution in [0.3, 0.4) is 0 Å². The Bertz CT molecular complexity index is 1170. The van der Waals surface area contributed by atoms with Gasteiger partial charge >= 0.3 is 0 Å². The Morgan fingerprint density at radius 2 is 1.90 bits per heavy atom. The van der Waals surface area contributed by atoms with Gasteiger partial charge in [0.25, 0.3) is 5.91 Å². The zero-order chi connectivity index (χ0) is 21.3. The van der Waals surface area contributed by atoms with Crippen LogP contribution in [0.5, 0.6) is 0 Å². The summed E-state index contributed by atoms with van der Waals surface area (Å²) in [7, 11) is -2.05. The highest BCUT2D eigenvalue weighted by atomic mass is 79.9. The van der Waals surface area contributed by atoms with Gasteiger partial charge in [-0.05, 0) is 54.8 Å². The number of hydrogen-bond acceptors (Lipinski definition) is 4. The van der Waals surface area contributed by atoms with Gasteiger partial charge in [0.05, 0.1) is 10.5 Å². The van der Waals surface area contributed by atoms with Crippen LogP contribution in [0, 0.1) is 0 Å². The van der Waals surface area contributed by atoms with Crippen molar-refractivity contribution in [2.75, 3.05) is 18.5 Å². The summed E-state index contributed by atoms with van der Waals surface area (Å²) in [5.74, 6) is -0.0388. The van der Waals surface area contributed by atoms with Gasteiger partial charge < -0.3 is 4.90 Å². The summed E-state index contributed by atoms with van der Waals surface area (Å²) in [6.07, 6.45) is 1.92. The first-order chi connectivity index (χ1) is 14.4. The third-order valence-electron chi connectivity index (χ3n) is 5.16. The van der Waals surface area contributed by atoms with E-state index in [0.29, 0.717) is 12.1 Å². The van der Waals surface area contributed by atoms with E-state index in [2.05, 4.69) is 22.0 Å². The van der Waals surface area contributed by atoms with Crippen molar-refractivity contribution < 1.29 is 13.2 Å². The van der Waals surface area contributed by atoms with Crippen molar-refractivity contribution in [3.8, 4) is 0 Å². The summed E-state index contributed by atoms with van der Waals surface area (Å²) < 4.78 is 27.8. The standard InChI is InChI=1S/C22H21BrN2O3S2/c1-24(30(27,28)20-10-8-18(23)9-11-20)14-19-13-17(15-29-19)22(26)25-12-4-6-16-5-2-3-7-21(16)25/h2-3,5,7-11,13,15H,4,6,12,14H2,1H3. The number of thiophene rings is 1. The molecule has 2 aromatic carbocycles. The van der Waals surface area contributed by atoms with Crippen LogP contribution in [0.25, 0.3) is 0 Å². The molecule has 1 aliphatic heterocycles. The van der Waals surface area contributed by atoms with Crippen LogP contribution in [0.1, 0.15) is 27.2 Å². The number of sulfonamides is 1. The molecule has 0 unspecified atom stereocenters. The Morgan fingerprint density at radius 3 is 2.67 bits per heavy atom. The third kappa shape index (κ3) is 4.23. The SMILES string of the molecule is CN(Cc1cc(C(=O)N2CCCc3ccccc32)cs1)S(=O)(=O)c1ccc(Br)cc1. The highest BCUT2D eigenvalue weighted by Crippen LogP contribution is 2.29. The zero-order valence-corrected chi connectivity index (χ0v) is 19.6. The van der Waals surface area contributed by atoms with Gasteiger partial charge in [0, 0.05) is 40.6 Å². The van der Waals surface area contributed by atoms with E-state index in [1.165, 1.54) is 21.2 Å². The van der Waals surface area contributed by atoms with Crippen molar-refractivity contribution in [2.45, 2.75) is 24.3 Å². The van der Waals surface area contributed by atoms with Gasteiger partial charge in [-0.15, -0.1) is 11.3 Å². The summed E-state index contributed by atoms with van der Waals surface area (Å²) in [4.78, 5) is 16.0. The quantitative estimate of drug-likeness (QED) is 0.495. The molecule has 1 aliphatic rings. The molecule has 5 nitrogen and oxygen atoms in total. The molecule has 0 atom stereocenters. The minimum Gasteiger partial charge on any atom is -0.308 e. The topological polar surface area (TPSA) is 57.7 Å². The van der Waals surface area contributed by atoms with Crippen LogP contribution in [0.4, 0.5) is 5.69 Å². The molecule has 0 spiro atoms. The lowest BCUT2D eigenvalue weighted by Crippen LogP contribution is -2.35. The Hall–Kier alpha value is -2.00. The predicted molar refractivity (Wildman–Crippen MR) is 124 cm³/mol. The lowest BCUT2D eigenvalue weighted by atomic mass is 10.0. The fraction of sp³-hybridized carbons (Fsp3) is 0.227. The largest absolute Gasteiger partial charge is 0.308 e. The first-order valence-electron chi connectivity index (χ1n) is 9.55. The van der Waals surface area contributed by atoms with Gasteiger partial charge in [-0.2, -0.15) is 4.31 Å². The first-order valence-corrected chi connectivity index (χ1v) is 12.7. The van der Waals surface area contributed by atoms with Crippen molar-refractivity contribution in [1.29, 1.82) is 0 Å². The number of anilines is 1. The number of amides is 1. The molecule has 0 fully saturated rings. The van der Waals surface area contributed by atoms with Crippen LogP contribution in [0.15, 0.2) is 69.3 Å². The third-order valence-corrected chi connectivity index (χ3v) is 8.42.